The van der Waals surface area contributed by atoms with Crippen molar-refractivity contribution >= 4 is 0 Å². The Morgan fingerprint density at radius 2 is 1.95 bits per heavy atom. The normalized spacial score (nSPS) is 9.95. The molecule has 0 saturated carbocycles. The maximum Gasteiger partial charge on any atom is 0.148 e. The topological polar surface area (TPSA) is 45.0 Å². The van der Waals surface area contributed by atoms with Crippen LogP contribution in [0, 0.1) is 17.1 Å². The van der Waals surface area contributed by atoms with Crippen LogP contribution in [0.15, 0.2) is 42.5 Å². The first-order chi connectivity index (χ1) is 9.24. The summed E-state index contributed by atoms with van der Waals surface area (Å²) in [6, 6.07) is 13.5. The van der Waals surface area contributed by atoms with Gasteiger partial charge in [0.25, 0.3) is 0 Å². The molecule has 0 bridgehead atoms. The van der Waals surface area contributed by atoms with Crippen molar-refractivity contribution in [1.29, 1.82) is 5.26 Å². The maximum atomic E-state index is 13.4. The average molecular weight is 256 g/mol. The summed E-state index contributed by atoms with van der Waals surface area (Å²) in [5, 5.41) is 12.0. The molecule has 0 amide bonds. The molecule has 1 N–H and O–H groups in total. The lowest BCUT2D eigenvalue weighted by atomic mass is 10.2. The lowest BCUT2D eigenvalue weighted by Crippen LogP contribution is -2.04. The number of benzene rings is 2. The second kappa shape index (κ2) is 5.98. The first-order valence-corrected chi connectivity index (χ1v) is 5.84. The summed E-state index contributed by atoms with van der Waals surface area (Å²) < 4.78 is 18.9. The highest BCUT2D eigenvalue weighted by molar-refractivity contribution is 5.46. The van der Waals surface area contributed by atoms with Crippen molar-refractivity contribution in [2.24, 2.45) is 0 Å². The molecule has 0 atom stereocenters. The molecule has 3 nitrogen and oxygen atoms in total. The Bertz CT molecular complexity index is 603. The van der Waals surface area contributed by atoms with Crippen LogP contribution in [0.25, 0.3) is 0 Å². The Balaban J connectivity index is 2.22. The molecule has 2 aromatic carbocycles. The van der Waals surface area contributed by atoms with Gasteiger partial charge in [0, 0.05) is 6.54 Å². The van der Waals surface area contributed by atoms with Crippen LogP contribution >= 0.6 is 0 Å². The van der Waals surface area contributed by atoms with Gasteiger partial charge < -0.3 is 10.1 Å². The molecule has 0 aliphatic heterocycles. The summed E-state index contributed by atoms with van der Waals surface area (Å²) in [6.07, 6.45) is 0. The standard InChI is InChI=1S/C15H13FN2O/c1-18-10-11-5-7-12(8-6-11)19-15-4-2-3-14(16)13(15)9-17/h2-8,18H,10H2,1H3. The molecule has 0 unspecified atom stereocenters. The molecule has 0 aliphatic carbocycles. The summed E-state index contributed by atoms with van der Waals surface area (Å²) in [4.78, 5) is 0. The number of hydrogen-bond acceptors (Lipinski definition) is 3. The maximum absolute atomic E-state index is 13.4. The van der Waals surface area contributed by atoms with Crippen LogP contribution < -0.4 is 10.1 Å². The van der Waals surface area contributed by atoms with Crippen LogP contribution in [0.5, 0.6) is 11.5 Å². The minimum atomic E-state index is -0.577. The molecule has 0 fully saturated rings. The molecule has 96 valence electrons. The number of hydrogen-bond donors (Lipinski definition) is 1. The lowest BCUT2D eigenvalue weighted by Gasteiger charge is -2.08. The van der Waals surface area contributed by atoms with Crippen molar-refractivity contribution in [1.82, 2.24) is 5.32 Å². The van der Waals surface area contributed by atoms with Gasteiger partial charge in [-0.15, -0.1) is 0 Å². The van der Waals surface area contributed by atoms with E-state index in [0.717, 1.165) is 12.1 Å². The van der Waals surface area contributed by atoms with Gasteiger partial charge in [-0.05, 0) is 36.9 Å². The second-order valence-electron chi connectivity index (χ2n) is 4.00. The zero-order chi connectivity index (χ0) is 13.7. The number of ether oxygens (including phenoxy) is 1. The average Bonchev–Trinajstić information content (AvgIpc) is 2.42. The Kier molecular flexibility index (Phi) is 4.11. The fourth-order valence-corrected chi connectivity index (χ4v) is 1.70. The quantitative estimate of drug-likeness (QED) is 0.913. The zero-order valence-corrected chi connectivity index (χ0v) is 10.5. The fourth-order valence-electron chi connectivity index (χ4n) is 1.70. The molecule has 19 heavy (non-hydrogen) atoms. The van der Waals surface area contributed by atoms with Gasteiger partial charge in [0.2, 0.25) is 0 Å². The van der Waals surface area contributed by atoms with Gasteiger partial charge in [-0.3, -0.25) is 0 Å². The lowest BCUT2D eigenvalue weighted by molar-refractivity contribution is 0.474. The van der Waals surface area contributed by atoms with E-state index in [-0.39, 0.29) is 11.3 Å². The van der Waals surface area contributed by atoms with Crippen molar-refractivity contribution in [3.8, 4) is 17.6 Å². The smallest absolute Gasteiger partial charge is 0.148 e. The van der Waals surface area contributed by atoms with E-state index >= 15 is 0 Å². The van der Waals surface area contributed by atoms with Gasteiger partial charge in [0.05, 0.1) is 0 Å². The first-order valence-electron chi connectivity index (χ1n) is 5.84. The van der Waals surface area contributed by atoms with E-state index in [1.165, 1.54) is 12.1 Å². The van der Waals surface area contributed by atoms with Crippen LogP contribution in [-0.2, 0) is 6.54 Å². The van der Waals surface area contributed by atoms with E-state index in [0.29, 0.717) is 5.75 Å². The summed E-state index contributed by atoms with van der Waals surface area (Å²) in [6.45, 7) is 0.768. The Morgan fingerprint density at radius 1 is 1.21 bits per heavy atom. The van der Waals surface area contributed by atoms with Crippen LogP contribution in [0.3, 0.4) is 0 Å². The third-order valence-electron chi connectivity index (χ3n) is 2.62. The highest BCUT2D eigenvalue weighted by Gasteiger charge is 2.09. The first kappa shape index (κ1) is 13.1. The molecule has 0 aromatic heterocycles. The molecule has 0 heterocycles. The van der Waals surface area contributed by atoms with Gasteiger partial charge in [0.15, 0.2) is 0 Å². The zero-order valence-electron chi connectivity index (χ0n) is 10.5. The Hall–Kier alpha value is -2.38. The summed E-state index contributed by atoms with van der Waals surface area (Å²) in [7, 11) is 1.87. The molecule has 0 radical (unpaired) electrons. The van der Waals surface area contributed by atoms with E-state index in [1.807, 2.05) is 19.2 Å². The van der Waals surface area contributed by atoms with Crippen LogP contribution in [0.1, 0.15) is 11.1 Å². The summed E-state index contributed by atoms with van der Waals surface area (Å²) >= 11 is 0. The summed E-state index contributed by atoms with van der Waals surface area (Å²) in [5.41, 5.74) is 1.04. The van der Waals surface area contributed by atoms with Crippen LogP contribution in [0.4, 0.5) is 4.39 Å². The van der Waals surface area contributed by atoms with Crippen LogP contribution in [-0.4, -0.2) is 7.05 Å². The molecule has 0 aliphatic rings. The van der Waals surface area contributed by atoms with Gasteiger partial charge in [-0.2, -0.15) is 5.26 Å². The third-order valence-corrected chi connectivity index (χ3v) is 2.62. The molecule has 0 spiro atoms. The highest BCUT2D eigenvalue weighted by Crippen LogP contribution is 2.26. The largest absolute Gasteiger partial charge is 0.456 e. The number of rotatable bonds is 4. The van der Waals surface area contributed by atoms with Crippen molar-refractivity contribution in [3.05, 3.63) is 59.4 Å². The van der Waals surface area contributed by atoms with E-state index < -0.39 is 5.82 Å². The Labute approximate surface area is 111 Å². The predicted octanol–water partition coefficient (Wildman–Crippen LogP) is 3.21. The minimum absolute atomic E-state index is 0.0817. The van der Waals surface area contributed by atoms with E-state index in [9.17, 15) is 4.39 Å². The molecule has 0 saturated heterocycles. The molecule has 4 heteroatoms. The fraction of sp³-hybridized carbons (Fsp3) is 0.133. The second-order valence-corrected chi connectivity index (χ2v) is 4.00. The molecular weight excluding hydrogens is 243 g/mol. The molecule has 2 rings (SSSR count). The number of nitriles is 1. The highest BCUT2D eigenvalue weighted by atomic mass is 19.1. The monoisotopic (exact) mass is 256 g/mol. The van der Waals surface area contributed by atoms with E-state index in [1.54, 1.807) is 24.3 Å². The van der Waals surface area contributed by atoms with Gasteiger partial charge in [-0.25, -0.2) is 4.39 Å². The van der Waals surface area contributed by atoms with Crippen molar-refractivity contribution in [2.45, 2.75) is 6.54 Å². The number of nitrogens with one attached hydrogen (secondary N) is 1. The van der Waals surface area contributed by atoms with Crippen LogP contribution in [0.2, 0.25) is 0 Å². The van der Waals surface area contributed by atoms with Gasteiger partial charge >= 0.3 is 0 Å². The number of nitrogens with zero attached hydrogens (tertiary/aromatic N) is 1. The SMILES string of the molecule is CNCc1ccc(Oc2cccc(F)c2C#N)cc1. The third kappa shape index (κ3) is 3.09. The van der Waals surface area contributed by atoms with Crippen molar-refractivity contribution in [3.63, 3.8) is 0 Å². The summed E-state index contributed by atoms with van der Waals surface area (Å²) in [5.74, 6) is 0.220. The number of halogens is 1. The Morgan fingerprint density at radius 3 is 2.58 bits per heavy atom. The molecule has 2 aromatic rings. The van der Waals surface area contributed by atoms with Gasteiger partial charge in [-0.1, -0.05) is 18.2 Å². The minimum Gasteiger partial charge on any atom is -0.456 e. The van der Waals surface area contributed by atoms with Crippen molar-refractivity contribution < 1.29 is 9.13 Å². The molecular formula is C15H13FN2O. The van der Waals surface area contributed by atoms with Crippen molar-refractivity contribution in [2.75, 3.05) is 7.05 Å². The van der Waals surface area contributed by atoms with Gasteiger partial charge in [0.1, 0.15) is 28.9 Å². The van der Waals surface area contributed by atoms with E-state index in [4.69, 9.17) is 10.00 Å². The van der Waals surface area contributed by atoms with E-state index in [2.05, 4.69) is 5.32 Å². The predicted molar refractivity (Wildman–Crippen MR) is 70.4 cm³/mol.